The molecule has 0 saturated heterocycles. The van der Waals surface area contributed by atoms with E-state index in [1.165, 1.54) is 12.1 Å². The maximum absolute atomic E-state index is 12.0. The average molecular weight is 319 g/mol. The second-order valence-corrected chi connectivity index (χ2v) is 4.23. The zero-order valence-electron chi connectivity index (χ0n) is 11.8. The molecule has 122 valence electrons. The van der Waals surface area contributed by atoms with Crippen LogP contribution in [0.4, 0.5) is 23.7 Å². The van der Waals surface area contributed by atoms with Crippen LogP contribution in [0.5, 0.6) is 5.75 Å². The zero-order valence-corrected chi connectivity index (χ0v) is 11.8. The van der Waals surface area contributed by atoms with Crippen LogP contribution in [-0.4, -0.2) is 31.4 Å². The van der Waals surface area contributed by atoms with Crippen LogP contribution in [0.25, 0.3) is 0 Å². The minimum Gasteiger partial charge on any atom is -0.406 e. The highest BCUT2D eigenvalue weighted by Crippen LogP contribution is 2.23. The first-order chi connectivity index (χ1) is 10.3. The molecule has 3 N–H and O–H groups in total. The Bertz CT molecular complexity index is 503. The molecule has 22 heavy (non-hydrogen) atoms. The molecule has 0 fully saturated rings. The van der Waals surface area contributed by atoms with E-state index in [1.807, 2.05) is 6.92 Å². The van der Waals surface area contributed by atoms with E-state index < -0.39 is 18.1 Å². The summed E-state index contributed by atoms with van der Waals surface area (Å²) in [6.45, 7) is 2.22. The molecule has 6 nitrogen and oxygen atoms in total. The molecule has 0 radical (unpaired) electrons. The molecule has 0 spiro atoms. The van der Waals surface area contributed by atoms with Crippen LogP contribution in [0.1, 0.15) is 13.3 Å². The number of halogens is 3. The van der Waals surface area contributed by atoms with Gasteiger partial charge in [0.05, 0.1) is 6.54 Å². The van der Waals surface area contributed by atoms with Gasteiger partial charge >= 0.3 is 12.4 Å². The van der Waals surface area contributed by atoms with Crippen LogP contribution in [0.15, 0.2) is 24.3 Å². The van der Waals surface area contributed by atoms with Crippen molar-refractivity contribution in [1.82, 2.24) is 10.6 Å². The Balaban J connectivity index is 2.40. The van der Waals surface area contributed by atoms with E-state index in [2.05, 4.69) is 20.7 Å². The molecule has 0 aromatic heterocycles. The normalized spacial score (nSPS) is 10.7. The summed E-state index contributed by atoms with van der Waals surface area (Å²) >= 11 is 0. The molecule has 0 atom stereocenters. The Labute approximate surface area is 125 Å². The van der Waals surface area contributed by atoms with Crippen LogP contribution < -0.4 is 20.7 Å². The van der Waals surface area contributed by atoms with E-state index in [4.69, 9.17) is 0 Å². The number of carbonyl (C=O) groups excluding carboxylic acids is 2. The lowest BCUT2D eigenvalue weighted by Gasteiger charge is -2.10. The highest BCUT2D eigenvalue weighted by atomic mass is 19.4. The number of alkyl halides is 3. The SMILES string of the molecule is CCCNC(=O)CNC(=O)Nc1ccc(OC(F)(F)F)cc1. The molecule has 1 aromatic carbocycles. The van der Waals surface area contributed by atoms with Crippen LogP contribution in [0.3, 0.4) is 0 Å². The third kappa shape index (κ3) is 7.36. The fourth-order valence-corrected chi connectivity index (χ4v) is 1.40. The summed E-state index contributed by atoms with van der Waals surface area (Å²) in [6, 6.07) is 3.99. The lowest BCUT2D eigenvalue weighted by atomic mass is 10.3. The van der Waals surface area contributed by atoms with Gasteiger partial charge in [0.15, 0.2) is 0 Å². The number of anilines is 1. The number of nitrogens with one attached hydrogen (secondary N) is 3. The first-order valence-corrected chi connectivity index (χ1v) is 6.47. The van der Waals surface area contributed by atoms with Crippen molar-refractivity contribution in [3.05, 3.63) is 24.3 Å². The van der Waals surface area contributed by atoms with E-state index in [0.29, 0.717) is 6.54 Å². The third-order valence-electron chi connectivity index (χ3n) is 2.33. The smallest absolute Gasteiger partial charge is 0.406 e. The van der Waals surface area contributed by atoms with E-state index in [9.17, 15) is 22.8 Å². The summed E-state index contributed by atoms with van der Waals surface area (Å²) in [5.74, 6) is -0.719. The number of hydrogen-bond donors (Lipinski definition) is 3. The van der Waals surface area contributed by atoms with Gasteiger partial charge in [0.2, 0.25) is 5.91 Å². The summed E-state index contributed by atoms with van der Waals surface area (Å²) < 4.78 is 39.6. The molecule has 9 heteroatoms. The minimum absolute atomic E-state index is 0.193. The van der Waals surface area contributed by atoms with E-state index >= 15 is 0 Å². The van der Waals surface area contributed by atoms with Gasteiger partial charge in [-0.2, -0.15) is 0 Å². The van der Waals surface area contributed by atoms with Gasteiger partial charge in [-0.15, -0.1) is 13.2 Å². The number of rotatable bonds is 6. The summed E-state index contributed by atoms with van der Waals surface area (Å²) in [4.78, 5) is 22.8. The van der Waals surface area contributed by atoms with Gasteiger partial charge in [-0.05, 0) is 30.7 Å². The number of hydrogen-bond acceptors (Lipinski definition) is 3. The van der Waals surface area contributed by atoms with Gasteiger partial charge in [0.25, 0.3) is 0 Å². The quantitative estimate of drug-likeness (QED) is 0.752. The van der Waals surface area contributed by atoms with Crippen molar-refractivity contribution in [3.63, 3.8) is 0 Å². The van der Waals surface area contributed by atoms with Crippen molar-refractivity contribution in [3.8, 4) is 5.75 Å². The molecule has 0 bridgehead atoms. The predicted molar refractivity (Wildman–Crippen MR) is 73.4 cm³/mol. The molecule has 0 aliphatic carbocycles. The Kier molecular flexibility index (Phi) is 6.48. The van der Waals surface area contributed by atoms with Crippen molar-refractivity contribution >= 4 is 17.6 Å². The lowest BCUT2D eigenvalue weighted by Crippen LogP contribution is -2.39. The summed E-state index contributed by atoms with van der Waals surface area (Å²) in [6.07, 6.45) is -3.98. The number of benzene rings is 1. The van der Waals surface area contributed by atoms with Crippen LogP contribution in [0.2, 0.25) is 0 Å². The highest BCUT2D eigenvalue weighted by molar-refractivity contribution is 5.92. The molecular weight excluding hydrogens is 303 g/mol. The predicted octanol–water partition coefficient (Wildman–Crippen LogP) is 2.23. The van der Waals surface area contributed by atoms with Crippen molar-refractivity contribution in [2.45, 2.75) is 19.7 Å². The molecule has 1 rings (SSSR count). The highest BCUT2D eigenvalue weighted by Gasteiger charge is 2.30. The van der Waals surface area contributed by atoms with E-state index in [0.717, 1.165) is 18.6 Å². The number of amides is 3. The van der Waals surface area contributed by atoms with Gasteiger partial charge in [-0.1, -0.05) is 6.92 Å². The van der Waals surface area contributed by atoms with Crippen LogP contribution in [-0.2, 0) is 4.79 Å². The zero-order chi connectivity index (χ0) is 16.6. The van der Waals surface area contributed by atoms with Crippen molar-refractivity contribution < 1.29 is 27.5 Å². The fourth-order valence-electron chi connectivity index (χ4n) is 1.40. The first-order valence-electron chi connectivity index (χ1n) is 6.47. The van der Waals surface area contributed by atoms with Crippen molar-refractivity contribution in [2.75, 3.05) is 18.4 Å². The second kappa shape index (κ2) is 8.11. The summed E-state index contributed by atoms with van der Waals surface area (Å²) in [5.41, 5.74) is 0.265. The molecule has 3 amide bonds. The molecular formula is C13H16F3N3O3. The van der Waals surface area contributed by atoms with E-state index in [1.54, 1.807) is 0 Å². The first kappa shape index (κ1) is 17.6. The van der Waals surface area contributed by atoms with Crippen molar-refractivity contribution in [1.29, 1.82) is 0 Å². The lowest BCUT2D eigenvalue weighted by molar-refractivity contribution is -0.274. The molecule has 0 unspecified atom stereocenters. The third-order valence-corrected chi connectivity index (χ3v) is 2.33. The van der Waals surface area contributed by atoms with Gasteiger partial charge in [-0.3, -0.25) is 4.79 Å². The molecule has 0 heterocycles. The molecule has 0 saturated carbocycles. The molecule has 0 aliphatic heterocycles. The maximum atomic E-state index is 12.0. The topological polar surface area (TPSA) is 79.5 Å². The Morgan fingerprint density at radius 3 is 2.32 bits per heavy atom. The Morgan fingerprint density at radius 1 is 1.14 bits per heavy atom. The molecule has 0 aliphatic rings. The van der Waals surface area contributed by atoms with Crippen molar-refractivity contribution in [2.24, 2.45) is 0 Å². The van der Waals surface area contributed by atoms with Gasteiger partial charge in [0.1, 0.15) is 5.75 Å². The number of ether oxygens (including phenoxy) is 1. The monoisotopic (exact) mass is 319 g/mol. The fraction of sp³-hybridized carbons (Fsp3) is 0.385. The standard InChI is InChI=1S/C13H16F3N3O3/c1-2-7-17-11(20)8-18-12(21)19-9-3-5-10(6-4-9)22-13(14,15)16/h3-6H,2,7-8H2,1H3,(H,17,20)(H2,18,19,21). The Hall–Kier alpha value is -2.45. The number of urea groups is 1. The second-order valence-electron chi connectivity index (χ2n) is 4.23. The van der Waals surface area contributed by atoms with E-state index in [-0.39, 0.29) is 18.1 Å². The Morgan fingerprint density at radius 2 is 1.77 bits per heavy atom. The average Bonchev–Trinajstić information content (AvgIpc) is 2.43. The van der Waals surface area contributed by atoms with Gasteiger partial charge in [-0.25, -0.2) is 4.79 Å². The van der Waals surface area contributed by atoms with Gasteiger partial charge in [0, 0.05) is 12.2 Å². The van der Waals surface area contributed by atoms with Crippen LogP contribution in [0, 0.1) is 0 Å². The van der Waals surface area contributed by atoms with Crippen LogP contribution >= 0.6 is 0 Å². The molecule has 1 aromatic rings. The summed E-state index contributed by atoms with van der Waals surface area (Å²) in [7, 11) is 0. The maximum Gasteiger partial charge on any atom is 0.573 e. The summed E-state index contributed by atoms with van der Waals surface area (Å²) in [5, 5.41) is 7.27. The number of carbonyl (C=O) groups is 2. The minimum atomic E-state index is -4.77. The van der Waals surface area contributed by atoms with Gasteiger partial charge < -0.3 is 20.7 Å². The largest absolute Gasteiger partial charge is 0.573 e.